The molecule has 0 aromatic rings. The normalized spacial score (nSPS) is 46.4. The topological polar surface area (TPSA) is 105 Å². The Kier molecular flexibility index (Phi) is 3.60. The zero-order valence-corrected chi connectivity index (χ0v) is 7.33. The molecule has 13 heavy (non-hydrogen) atoms. The number of nitrogens with two attached hydrogens (primary N) is 1. The van der Waals surface area contributed by atoms with E-state index in [1.165, 1.54) is 7.11 Å². The standard InChI is InChI=1S/C7H15NO5/c1-12-7-4(8)6(11)5(10)3(2-9)13-7/h3-7,9-11H,2,8H2,1H3/t3?,4?,5-,6+,7+/m0/s1. The molecule has 2 unspecified atom stereocenters. The first kappa shape index (κ1) is 10.8. The minimum absolute atomic E-state index is 0.384. The molecule has 5 N–H and O–H groups in total. The lowest BCUT2D eigenvalue weighted by Crippen LogP contribution is -2.62. The maximum Gasteiger partial charge on any atom is 0.175 e. The van der Waals surface area contributed by atoms with Gasteiger partial charge < -0.3 is 30.5 Å². The van der Waals surface area contributed by atoms with Gasteiger partial charge in [-0.2, -0.15) is 0 Å². The van der Waals surface area contributed by atoms with Crippen molar-refractivity contribution in [2.24, 2.45) is 5.73 Å². The largest absolute Gasteiger partial charge is 0.394 e. The van der Waals surface area contributed by atoms with Gasteiger partial charge in [0.15, 0.2) is 6.29 Å². The smallest absolute Gasteiger partial charge is 0.175 e. The molecule has 1 fully saturated rings. The average Bonchev–Trinajstić information content (AvgIpc) is 2.15. The summed E-state index contributed by atoms with van der Waals surface area (Å²) in [4.78, 5) is 0. The molecule has 1 saturated heterocycles. The Morgan fingerprint density at radius 1 is 1.38 bits per heavy atom. The molecule has 0 aliphatic carbocycles. The Hall–Kier alpha value is -0.240. The summed E-state index contributed by atoms with van der Waals surface area (Å²) in [6, 6.07) is -0.803. The SMILES string of the molecule is CO[C@@H]1OC(CO)[C@H](O)[C@H](O)C1N. The Balaban J connectivity index is 2.66. The molecule has 78 valence electrons. The van der Waals surface area contributed by atoms with Crippen molar-refractivity contribution in [3.05, 3.63) is 0 Å². The highest BCUT2D eigenvalue weighted by Gasteiger charge is 2.42. The number of aliphatic hydroxyl groups is 3. The molecule has 6 nitrogen and oxygen atoms in total. The van der Waals surface area contributed by atoms with Crippen LogP contribution in [-0.4, -0.2) is 59.7 Å². The molecular formula is C7H15NO5. The van der Waals surface area contributed by atoms with E-state index >= 15 is 0 Å². The molecule has 1 rings (SSSR count). The van der Waals surface area contributed by atoms with Gasteiger partial charge in [0, 0.05) is 7.11 Å². The minimum atomic E-state index is -1.17. The van der Waals surface area contributed by atoms with Crippen molar-refractivity contribution >= 4 is 0 Å². The summed E-state index contributed by atoms with van der Waals surface area (Å²) in [7, 11) is 1.38. The second-order valence-electron chi connectivity index (χ2n) is 3.02. The van der Waals surface area contributed by atoms with E-state index in [4.69, 9.17) is 20.3 Å². The molecule has 1 aliphatic rings. The molecule has 1 aliphatic heterocycles. The summed E-state index contributed by atoms with van der Waals surface area (Å²) in [5, 5.41) is 27.5. The van der Waals surface area contributed by atoms with Crippen LogP contribution < -0.4 is 5.73 Å². The molecule has 0 amide bonds. The van der Waals surface area contributed by atoms with Gasteiger partial charge in [-0.05, 0) is 0 Å². The van der Waals surface area contributed by atoms with E-state index in [0.29, 0.717) is 0 Å². The third-order valence-electron chi connectivity index (χ3n) is 2.16. The first-order valence-electron chi connectivity index (χ1n) is 4.02. The Labute approximate surface area is 75.9 Å². The Bertz CT molecular complexity index is 147. The number of methoxy groups -OCH3 is 1. The molecular weight excluding hydrogens is 178 g/mol. The molecule has 0 aromatic carbocycles. The van der Waals surface area contributed by atoms with E-state index in [1.807, 2.05) is 0 Å². The summed E-state index contributed by atoms with van der Waals surface area (Å²) in [6.45, 7) is -0.384. The van der Waals surface area contributed by atoms with Crippen molar-refractivity contribution < 1.29 is 24.8 Å². The van der Waals surface area contributed by atoms with Crippen molar-refractivity contribution in [2.45, 2.75) is 30.6 Å². The lowest BCUT2D eigenvalue weighted by Gasteiger charge is -2.39. The van der Waals surface area contributed by atoms with Crippen LogP contribution in [-0.2, 0) is 9.47 Å². The molecule has 0 radical (unpaired) electrons. The van der Waals surface area contributed by atoms with E-state index in [0.717, 1.165) is 0 Å². The molecule has 1 heterocycles. The van der Waals surface area contributed by atoms with Crippen LogP contribution in [0.5, 0.6) is 0 Å². The summed E-state index contributed by atoms with van der Waals surface area (Å²) in [5.41, 5.74) is 5.50. The highest BCUT2D eigenvalue weighted by molar-refractivity contribution is 4.91. The number of ether oxygens (including phenoxy) is 2. The maximum atomic E-state index is 9.40. The summed E-state index contributed by atoms with van der Waals surface area (Å²) in [6.07, 6.45) is -3.96. The summed E-state index contributed by atoms with van der Waals surface area (Å²) in [5.74, 6) is 0. The van der Waals surface area contributed by atoms with Gasteiger partial charge in [0.1, 0.15) is 18.3 Å². The fraction of sp³-hybridized carbons (Fsp3) is 1.00. The highest BCUT2D eigenvalue weighted by atomic mass is 16.7. The second-order valence-corrected chi connectivity index (χ2v) is 3.02. The van der Waals surface area contributed by atoms with E-state index in [9.17, 15) is 10.2 Å². The minimum Gasteiger partial charge on any atom is -0.394 e. The van der Waals surface area contributed by atoms with Gasteiger partial charge in [0.25, 0.3) is 0 Å². The zero-order valence-electron chi connectivity index (χ0n) is 7.33. The molecule has 0 spiro atoms. The first-order valence-corrected chi connectivity index (χ1v) is 4.02. The van der Waals surface area contributed by atoms with Gasteiger partial charge in [-0.1, -0.05) is 0 Å². The fourth-order valence-corrected chi connectivity index (χ4v) is 1.32. The van der Waals surface area contributed by atoms with Gasteiger partial charge in [-0.15, -0.1) is 0 Å². The number of rotatable bonds is 2. The molecule has 0 aromatic heterocycles. The van der Waals surface area contributed by atoms with Crippen LogP contribution in [0.4, 0.5) is 0 Å². The quantitative estimate of drug-likeness (QED) is 0.383. The van der Waals surface area contributed by atoms with Gasteiger partial charge >= 0.3 is 0 Å². The molecule has 0 bridgehead atoms. The average molecular weight is 193 g/mol. The van der Waals surface area contributed by atoms with Crippen molar-refractivity contribution in [2.75, 3.05) is 13.7 Å². The summed E-state index contributed by atoms with van der Waals surface area (Å²) < 4.78 is 9.90. The Morgan fingerprint density at radius 3 is 2.46 bits per heavy atom. The van der Waals surface area contributed by atoms with Crippen LogP contribution >= 0.6 is 0 Å². The zero-order chi connectivity index (χ0) is 10.0. The van der Waals surface area contributed by atoms with Gasteiger partial charge in [-0.3, -0.25) is 0 Å². The van der Waals surface area contributed by atoms with Gasteiger partial charge in [-0.25, -0.2) is 0 Å². The van der Waals surface area contributed by atoms with Crippen LogP contribution in [0.3, 0.4) is 0 Å². The van der Waals surface area contributed by atoms with Crippen molar-refractivity contribution in [3.8, 4) is 0 Å². The van der Waals surface area contributed by atoms with Gasteiger partial charge in [0.2, 0.25) is 0 Å². The first-order chi connectivity index (χ1) is 6.11. The van der Waals surface area contributed by atoms with Crippen LogP contribution in [0.25, 0.3) is 0 Å². The predicted octanol–water partition coefficient (Wildman–Crippen LogP) is -2.60. The van der Waals surface area contributed by atoms with E-state index < -0.39 is 30.6 Å². The van der Waals surface area contributed by atoms with Crippen molar-refractivity contribution in [1.82, 2.24) is 0 Å². The lowest BCUT2D eigenvalue weighted by molar-refractivity contribution is -0.257. The molecule has 0 saturated carbocycles. The molecule has 5 atom stereocenters. The monoisotopic (exact) mass is 193 g/mol. The second kappa shape index (κ2) is 4.32. The van der Waals surface area contributed by atoms with Crippen LogP contribution in [0.2, 0.25) is 0 Å². The highest BCUT2D eigenvalue weighted by Crippen LogP contribution is 2.19. The number of aliphatic hydroxyl groups excluding tert-OH is 3. The van der Waals surface area contributed by atoms with Crippen LogP contribution in [0.15, 0.2) is 0 Å². The fourth-order valence-electron chi connectivity index (χ4n) is 1.32. The van der Waals surface area contributed by atoms with E-state index in [2.05, 4.69) is 0 Å². The van der Waals surface area contributed by atoms with Crippen molar-refractivity contribution in [3.63, 3.8) is 0 Å². The number of hydrogen-bond donors (Lipinski definition) is 4. The predicted molar refractivity (Wildman–Crippen MR) is 42.7 cm³/mol. The van der Waals surface area contributed by atoms with Crippen LogP contribution in [0.1, 0.15) is 0 Å². The maximum absolute atomic E-state index is 9.40. The molecule has 6 heteroatoms. The van der Waals surface area contributed by atoms with E-state index in [-0.39, 0.29) is 6.61 Å². The van der Waals surface area contributed by atoms with Crippen LogP contribution in [0, 0.1) is 0 Å². The third-order valence-corrected chi connectivity index (χ3v) is 2.16. The van der Waals surface area contributed by atoms with E-state index in [1.54, 1.807) is 0 Å². The third kappa shape index (κ3) is 1.98. The Morgan fingerprint density at radius 2 is 2.00 bits per heavy atom. The number of hydrogen-bond acceptors (Lipinski definition) is 6. The summed E-state index contributed by atoms with van der Waals surface area (Å²) >= 11 is 0. The van der Waals surface area contributed by atoms with Gasteiger partial charge in [0.05, 0.1) is 12.6 Å². The lowest BCUT2D eigenvalue weighted by atomic mass is 9.98. The van der Waals surface area contributed by atoms with Crippen molar-refractivity contribution in [1.29, 1.82) is 0 Å².